The van der Waals surface area contributed by atoms with Gasteiger partial charge in [0.05, 0.1) is 6.07 Å². The van der Waals surface area contributed by atoms with Gasteiger partial charge in [0.25, 0.3) is 0 Å². The Morgan fingerprint density at radius 2 is 2.13 bits per heavy atom. The molecule has 1 aromatic carbocycles. The van der Waals surface area contributed by atoms with E-state index in [1.54, 1.807) is 0 Å². The minimum atomic E-state index is -0.141. The van der Waals surface area contributed by atoms with Crippen LogP contribution >= 0.6 is 0 Å². The third-order valence-corrected chi connectivity index (χ3v) is 2.85. The molecule has 1 saturated carbocycles. The summed E-state index contributed by atoms with van der Waals surface area (Å²) in [6, 6.07) is 9.03. The van der Waals surface area contributed by atoms with E-state index >= 15 is 0 Å². The van der Waals surface area contributed by atoms with Crippen molar-refractivity contribution in [3.8, 4) is 6.07 Å². The van der Waals surface area contributed by atoms with E-state index in [4.69, 9.17) is 5.26 Å². The first-order valence-electron chi connectivity index (χ1n) is 5.43. The lowest BCUT2D eigenvalue weighted by Gasteiger charge is -2.14. The Balaban J connectivity index is 2.21. The third kappa shape index (κ3) is 2.37. The maximum absolute atomic E-state index is 9.14. The summed E-state index contributed by atoms with van der Waals surface area (Å²) in [7, 11) is 0. The second-order valence-corrected chi connectivity index (χ2v) is 4.36. The molecule has 2 nitrogen and oxygen atoms in total. The fourth-order valence-corrected chi connectivity index (χ4v) is 1.83. The summed E-state index contributed by atoms with van der Waals surface area (Å²) in [5, 5.41) is 12.5. The number of nitrogens with zero attached hydrogens (tertiary/aromatic N) is 1. The van der Waals surface area contributed by atoms with Crippen molar-refractivity contribution in [2.45, 2.75) is 38.8 Å². The highest BCUT2D eigenvalue weighted by Gasteiger charge is 2.25. The normalized spacial score (nSPS) is 17.1. The predicted molar refractivity (Wildman–Crippen MR) is 60.4 cm³/mol. The standard InChI is InChI=1S/C13H16N2/c1-9-3-6-12(10(2)7-9)13(8-14)15-11-4-5-11/h3,6-7,11,13,15H,4-5H2,1-2H3. The summed E-state index contributed by atoms with van der Waals surface area (Å²) in [5.74, 6) is 0. The first-order chi connectivity index (χ1) is 7.20. The molecule has 1 aromatic rings. The van der Waals surface area contributed by atoms with Crippen molar-refractivity contribution in [3.63, 3.8) is 0 Å². The average molecular weight is 200 g/mol. The molecule has 0 amide bonds. The van der Waals surface area contributed by atoms with E-state index in [0.717, 1.165) is 5.56 Å². The second kappa shape index (κ2) is 4.04. The number of hydrogen-bond acceptors (Lipinski definition) is 2. The van der Waals surface area contributed by atoms with Crippen LogP contribution in [0.1, 0.15) is 35.6 Å². The van der Waals surface area contributed by atoms with Gasteiger partial charge < -0.3 is 0 Å². The Kier molecular flexibility index (Phi) is 2.75. The highest BCUT2D eigenvalue weighted by molar-refractivity contribution is 5.35. The molecule has 1 fully saturated rings. The van der Waals surface area contributed by atoms with E-state index in [0.29, 0.717) is 6.04 Å². The van der Waals surface area contributed by atoms with Crippen LogP contribution in [0.3, 0.4) is 0 Å². The fraction of sp³-hybridized carbons (Fsp3) is 0.462. The molecule has 0 saturated heterocycles. The molecular weight excluding hydrogens is 184 g/mol. The van der Waals surface area contributed by atoms with E-state index in [2.05, 4.69) is 43.4 Å². The fourth-order valence-electron chi connectivity index (χ4n) is 1.83. The van der Waals surface area contributed by atoms with Crippen molar-refractivity contribution in [3.05, 3.63) is 34.9 Å². The van der Waals surface area contributed by atoms with E-state index in [-0.39, 0.29) is 6.04 Å². The zero-order valence-corrected chi connectivity index (χ0v) is 9.25. The topological polar surface area (TPSA) is 35.8 Å². The number of hydrogen-bond donors (Lipinski definition) is 1. The maximum atomic E-state index is 9.14. The molecule has 0 bridgehead atoms. The van der Waals surface area contributed by atoms with Crippen LogP contribution in [0.25, 0.3) is 0 Å². The lowest BCUT2D eigenvalue weighted by molar-refractivity contribution is 0.623. The van der Waals surface area contributed by atoms with E-state index in [1.165, 1.54) is 24.0 Å². The predicted octanol–water partition coefficient (Wildman–Crippen LogP) is 2.62. The van der Waals surface area contributed by atoms with Crippen LogP contribution in [0.15, 0.2) is 18.2 Å². The summed E-state index contributed by atoms with van der Waals surface area (Å²) in [5.41, 5.74) is 3.57. The first kappa shape index (κ1) is 10.2. The van der Waals surface area contributed by atoms with Crippen molar-refractivity contribution in [1.29, 1.82) is 5.26 Å². The minimum absolute atomic E-state index is 0.141. The Bertz CT molecular complexity index is 399. The van der Waals surface area contributed by atoms with Crippen molar-refractivity contribution in [1.82, 2.24) is 5.32 Å². The average Bonchev–Trinajstić information content (AvgIpc) is 2.99. The molecule has 2 rings (SSSR count). The molecule has 0 radical (unpaired) electrons. The Morgan fingerprint density at radius 3 is 2.67 bits per heavy atom. The Morgan fingerprint density at radius 1 is 1.40 bits per heavy atom. The van der Waals surface area contributed by atoms with E-state index in [1.807, 2.05) is 0 Å². The van der Waals surface area contributed by atoms with Crippen LogP contribution < -0.4 is 5.32 Å². The zero-order chi connectivity index (χ0) is 10.8. The number of nitrogens with one attached hydrogen (secondary N) is 1. The molecule has 1 aliphatic rings. The van der Waals surface area contributed by atoms with Crippen LogP contribution in [0.4, 0.5) is 0 Å². The van der Waals surface area contributed by atoms with Crippen molar-refractivity contribution < 1.29 is 0 Å². The van der Waals surface area contributed by atoms with Crippen molar-refractivity contribution in [2.75, 3.05) is 0 Å². The first-order valence-corrected chi connectivity index (χ1v) is 5.43. The quantitative estimate of drug-likeness (QED) is 0.814. The highest BCUT2D eigenvalue weighted by Crippen LogP contribution is 2.25. The number of benzene rings is 1. The molecule has 15 heavy (non-hydrogen) atoms. The summed E-state index contributed by atoms with van der Waals surface area (Å²) < 4.78 is 0. The molecule has 0 aliphatic heterocycles. The van der Waals surface area contributed by atoms with Gasteiger partial charge in [0.2, 0.25) is 0 Å². The van der Waals surface area contributed by atoms with Gasteiger partial charge in [-0.3, -0.25) is 5.32 Å². The monoisotopic (exact) mass is 200 g/mol. The smallest absolute Gasteiger partial charge is 0.121 e. The number of aryl methyl sites for hydroxylation is 2. The van der Waals surface area contributed by atoms with E-state index in [9.17, 15) is 0 Å². The summed E-state index contributed by atoms with van der Waals surface area (Å²) in [6.45, 7) is 4.15. The molecule has 0 heterocycles. The van der Waals surface area contributed by atoms with E-state index < -0.39 is 0 Å². The summed E-state index contributed by atoms with van der Waals surface area (Å²) in [4.78, 5) is 0. The molecule has 1 aliphatic carbocycles. The Hall–Kier alpha value is -1.33. The van der Waals surface area contributed by atoms with Gasteiger partial charge in [0, 0.05) is 6.04 Å². The van der Waals surface area contributed by atoms with Crippen molar-refractivity contribution >= 4 is 0 Å². The van der Waals surface area contributed by atoms with Gasteiger partial charge in [-0.25, -0.2) is 0 Å². The summed E-state index contributed by atoms with van der Waals surface area (Å²) in [6.07, 6.45) is 2.42. The molecular formula is C13H16N2. The molecule has 1 N–H and O–H groups in total. The van der Waals surface area contributed by atoms with Crippen LogP contribution in [0.2, 0.25) is 0 Å². The van der Waals surface area contributed by atoms with Crippen LogP contribution in [-0.4, -0.2) is 6.04 Å². The van der Waals surface area contributed by atoms with Gasteiger partial charge in [-0.05, 0) is 37.8 Å². The molecule has 0 aromatic heterocycles. The molecule has 1 atom stereocenters. The van der Waals surface area contributed by atoms with Crippen molar-refractivity contribution in [2.24, 2.45) is 0 Å². The zero-order valence-electron chi connectivity index (χ0n) is 9.25. The Labute approximate surface area is 90.9 Å². The largest absolute Gasteiger partial charge is 0.295 e. The van der Waals surface area contributed by atoms with Gasteiger partial charge in [0.15, 0.2) is 0 Å². The highest BCUT2D eigenvalue weighted by atomic mass is 15.0. The van der Waals surface area contributed by atoms with Crippen LogP contribution in [0.5, 0.6) is 0 Å². The molecule has 78 valence electrons. The van der Waals surface area contributed by atoms with Gasteiger partial charge in [0.1, 0.15) is 6.04 Å². The van der Waals surface area contributed by atoms with Gasteiger partial charge in [-0.1, -0.05) is 23.8 Å². The molecule has 2 heteroatoms. The van der Waals surface area contributed by atoms with Crippen LogP contribution in [-0.2, 0) is 0 Å². The van der Waals surface area contributed by atoms with Gasteiger partial charge >= 0.3 is 0 Å². The SMILES string of the molecule is Cc1ccc(C(C#N)NC2CC2)c(C)c1. The lowest BCUT2D eigenvalue weighted by atomic mass is 10.00. The number of rotatable bonds is 3. The maximum Gasteiger partial charge on any atom is 0.121 e. The lowest BCUT2D eigenvalue weighted by Crippen LogP contribution is -2.22. The van der Waals surface area contributed by atoms with Gasteiger partial charge in [-0.15, -0.1) is 0 Å². The minimum Gasteiger partial charge on any atom is -0.295 e. The van der Waals surface area contributed by atoms with Gasteiger partial charge in [-0.2, -0.15) is 5.26 Å². The summed E-state index contributed by atoms with van der Waals surface area (Å²) >= 11 is 0. The number of nitriles is 1. The second-order valence-electron chi connectivity index (χ2n) is 4.36. The molecule has 0 spiro atoms. The van der Waals surface area contributed by atoms with Crippen LogP contribution in [0, 0.1) is 25.2 Å². The third-order valence-electron chi connectivity index (χ3n) is 2.85. The molecule has 1 unspecified atom stereocenters.